The number of amides is 1. The molecule has 3 rings (SSSR count). The summed E-state index contributed by atoms with van der Waals surface area (Å²) >= 11 is 0. The average Bonchev–Trinajstić information content (AvgIpc) is 2.58. The Morgan fingerprint density at radius 2 is 1.59 bits per heavy atom. The maximum absolute atomic E-state index is 12.2. The number of ether oxygens (including phenoxy) is 2. The third-order valence-corrected chi connectivity index (χ3v) is 6.49. The van der Waals surface area contributed by atoms with Crippen LogP contribution in [0.15, 0.2) is 12.1 Å². The van der Waals surface area contributed by atoms with E-state index in [-0.39, 0.29) is 18.3 Å². The van der Waals surface area contributed by atoms with Crippen molar-refractivity contribution in [3.8, 4) is 0 Å². The van der Waals surface area contributed by atoms with Crippen molar-refractivity contribution >= 4 is 12.8 Å². The molecule has 27 heavy (non-hydrogen) atoms. The second-order valence-electron chi connectivity index (χ2n) is 9.85. The van der Waals surface area contributed by atoms with Crippen molar-refractivity contribution in [2.24, 2.45) is 0 Å². The fourth-order valence-electron chi connectivity index (χ4n) is 5.18. The first-order chi connectivity index (χ1) is 12.8. The first kappa shape index (κ1) is 20.8. The third kappa shape index (κ3) is 6.00. The van der Waals surface area contributed by atoms with Gasteiger partial charge in [-0.1, -0.05) is 56.2 Å². The molecule has 3 fully saturated rings. The summed E-state index contributed by atoms with van der Waals surface area (Å²) < 4.78 is 11.7. The molecule has 5 heteroatoms. The van der Waals surface area contributed by atoms with Gasteiger partial charge in [-0.05, 0) is 40.5 Å². The monoisotopic (exact) mass is 375 g/mol. The molecule has 0 aromatic carbocycles. The van der Waals surface area contributed by atoms with E-state index >= 15 is 0 Å². The van der Waals surface area contributed by atoms with Crippen molar-refractivity contribution in [1.82, 2.24) is 4.90 Å². The number of fused-ring (bicyclic) bond motifs is 2. The van der Waals surface area contributed by atoms with E-state index in [0.29, 0.717) is 0 Å². The molecular formula is C22H38BNO3. The lowest BCUT2D eigenvalue weighted by Gasteiger charge is -2.39. The first-order valence-corrected chi connectivity index (χ1v) is 11.1. The summed E-state index contributed by atoms with van der Waals surface area (Å²) in [4.78, 5) is 14.0. The number of rotatable bonds is 4. The Balaban J connectivity index is 1.42. The van der Waals surface area contributed by atoms with Gasteiger partial charge in [-0.3, -0.25) is 0 Å². The summed E-state index contributed by atoms with van der Waals surface area (Å²) in [5.41, 5.74) is -0.429. The third-order valence-electron chi connectivity index (χ3n) is 6.49. The van der Waals surface area contributed by atoms with Gasteiger partial charge in [-0.25, -0.2) is 4.79 Å². The second kappa shape index (κ2) is 9.02. The minimum Gasteiger partial charge on any atom is -0.444 e. The lowest BCUT2D eigenvalue weighted by atomic mass is 9.27. The number of likely N-dealkylation sites (tertiary alicyclic amines) is 1. The zero-order chi connectivity index (χ0) is 19.4. The largest absolute Gasteiger partial charge is 0.444 e. The smallest absolute Gasteiger partial charge is 0.410 e. The maximum Gasteiger partial charge on any atom is 0.410 e. The van der Waals surface area contributed by atoms with Gasteiger partial charge in [0, 0.05) is 13.1 Å². The van der Waals surface area contributed by atoms with Crippen LogP contribution in [0.5, 0.6) is 0 Å². The molecule has 152 valence electrons. The number of hydrogen-bond acceptors (Lipinski definition) is 3. The SMILES string of the molecule is C[C@H](/C=C\B1C2CCCC1CCC2)OC1CCN(C(=O)OC(C)(C)C)CC1. The van der Waals surface area contributed by atoms with E-state index in [1.54, 1.807) is 0 Å². The van der Waals surface area contributed by atoms with Gasteiger partial charge in [0.1, 0.15) is 5.60 Å². The molecule has 3 aliphatic heterocycles. The van der Waals surface area contributed by atoms with Crippen molar-refractivity contribution in [3.63, 3.8) is 0 Å². The summed E-state index contributed by atoms with van der Waals surface area (Å²) in [6.45, 7) is 10.1. The highest BCUT2D eigenvalue weighted by Crippen LogP contribution is 2.46. The van der Waals surface area contributed by atoms with Gasteiger partial charge < -0.3 is 14.4 Å². The quantitative estimate of drug-likeness (QED) is 0.610. The molecule has 1 atom stereocenters. The van der Waals surface area contributed by atoms with Crippen molar-refractivity contribution in [1.29, 1.82) is 0 Å². The lowest BCUT2D eigenvalue weighted by molar-refractivity contribution is -0.0252. The summed E-state index contributed by atoms with van der Waals surface area (Å²) in [7, 11) is 0. The summed E-state index contributed by atoms with van der Waals surface area (Å²) in [5, 5.41) is 0. The van der Waals surface area contributed by atoms with E-state index < -0.39 is 5.60 Å². The molecule has 0 radical (unpaired) electrons. The Morgan fingerprint density at radius 3 is 2.11 bits per heavy atom. The molecule has 4 nitrogen and oxygen atoms in total. The van der Waals surface area contributed by atoms with Gasteiger partial charge in [0.15, 0.2) is 6.71 Å². The molecule has 0 aliphatic carbocycles. The summed E-state index contributed by atoms with van der Waals surface area (Å²) in [5.74, 6) is 4.31. The minimum absolute atomic E-state index is 0.158. The molecule has 0 spiro atoms. The van der Waals surface area contributed by atoms with Crippen LogP contribution in [0.3, 0.4) is 0 Å². The predicted molar refractivity (Wildman–Crippen MR) is 111 cm³/mol. The molecule has 0 aromatic rings. The van der Waals surface area contributed by atoms with E-state index in [4.69, 9.17) is 9.47 Å². The van der Waals surface area contributed by atoms with Crippen molar-refractivity contribution in [2.75, 3.05) is 13.1 Å². The molecule has 3 aliphatic rings. The highest BCUT2D eigenvalue weighted by molar-refractivity contribution is 6.67. The van der Waals surface area contributed by atoms with Crippen LogP contribution in [0.4, 0.5) is 4.79 Å². The van der Waals surface area contributed by atoms with E-state index in [1.165, 1.54) is 38.5 Å². The number of piperidine rings is 1. The molecule has 2 bridgehead atoms. The van der Waals surface area contributed by atoms with Gasteiger partial charge in [-0.2, -0.15) is 0 Å². The number of hydrogen-bond donors (Lipinski definition) is 0. The number of carbonyl (C=O) groups excluding carboxylic acids is 1. The van der Waals surface area contributed by atoms with E-state index in [9.17, 15) is 4.79 Å². The normalized spacial score (nSPS) is 28.4. The molecule has 0 N–H and O–H groups in total. The van der Waals surface area contributed by atoms with E-state index in [0.717, 1.165) is 44.3 Å². The number of nitrogens with zero attached hydrogens (tertiary/aromatic N) is 1. The standard InChI is InChI=1S/C22H38BNO3/c1-17(11-14-23-18-7-5-8-19(23)10-6-9-18)26-20-12-15-24(16-13-20)21(25)27-22(2,3)4/h11,14,17-20H,5-10,12-13,15-16H2,1-4H3/b14-11-/t17-,18?,19?/m1/s1. The Hall–Kier alpha value is -0.965. The van der Waals surface area contributed by atoms with Crippen LogP contribution in [0.25, 0.3) is 0 Å². The van der Waals surface area contributed by atoms with E-state index in [1.807, 2.05) is 25.7 Å². The van der Waals surface area contributed by atoms with Crippen molar-refractivity contribution in [2.45, 2.75) is 109 Å². The van der Waals surface area contributed by atoms with Gasteiger partial charge >= 0.3 is 6.09 Å². The lowest BCUT2D eigenvalue weighted by Crippen LogP contribution is -2.43. The fourth-order valence-corrected chi connectivity index (χ4v) is 5.18. The van der Waals surface area contributed by atoms with Crippen LogP contribution in [0, 0.1) is 0 Å². The van der Waals surface area contributed by atoms with Crippen LogP contribution in [0.2, 0.25) is 11.6 Å². The number of carbonyl (C=O) groups is 1. The molecule has 0 unspecified atom stereocenters. The van der Waals surface area contributed by atoms with Gasteiger partial charge in [-0.15, -0.1) is 5.98 Å². The van der Waals surface area contributed by atoms with Crippen LogP contribution in [-0.4, -0.2) is 48.6 Å². The van der Waals surface area contributed by atoms with Gasteiger partial charge in [0.25, 0.3) is 0 Å². The van der Waals surface area contributed by atoms with Crippen LogP contribution >= 0.6 is 0 Å². The molecule has 0 aromatic heterocycles. The topological polar surface area (TPSA) is 38.8 Å². The van der Waals surface area contributed by atoms with E-state index in [2.05, 4.69) is 19.0 Å². The van der Waals surface area contributed by atoms with Gasteiger partial charge in [0.05, 0.1) is 12.2 Å². The Kier molecular flexibility index (Phi) is 6.94. The Morgan fingerprint density at radius 1 is 1.04 bits per heavy atom. The molecule has 1 amide bonds. The molecule has 0 saturated carbocycles. The van der Waals surface area contributed by atoms with Crippen molar-refractivity contribution < 1.29 is 14.3 Å². The highest BCUT2D eigenvalue weighted by Gasteiger charge is 2.37. The maximum atomic E-state index is 12.2. The van der Waals surface area contributed by atoms with Crippen LogP contribution in [0.1, 0.15) is 79.1 Å². The fraction of sp³-hybridized carbons (Fsp3) is 0.864. The zero-order valence-corrected chi connectivity index (χ0v) is 17.8. The van der Waals surface area contributed by atoms with Crippen LogP contribution < -0.4 is 0 Å². The average molecular weight is 375 g/mol. The molecular weight excluding hydrogens is 337 g/mol. The molecule has 3 saturated heterocycles. The Labute approximate surface area is 166 Å². The highest BCUT2D eigenvalue weighted by atomic mass is 16.6. The van der Waals surface area contributed by atoms with Crippen LogP contribution in [-0.2, 0) is 9.47 Å². The first-order valence-electron chi connectivity index (χ1n) is 11.1. The second-order valence-corrected chi connectivity index (χ2v) is 9.85. The minimum atomic E-state index is -0.429. The predicted octanol–water partition coefficient (Wildman–Crippen LogP) is 5.49. The van der Waals surface area contributed by atoms with Gasteiger partial charge in [0.2, 0.25) is 0 Å². The molecule has 3 heterocycles. The Bertz CT molecular complexity index is 500. The summed E-state index contributed by atoms with van der Waals surface area (Å²) in [6, 6.07) is 0. The summed E-state index contributed by atoms with van der Waals surface area (Å²) in [6.07, 6.45) is 12.9. The van der Waals surface area contributed by atoms with Crippen molar-refractivity contribution in [3.05, 3.63) is 12.1 Å². The zero-order valence-electron chi connectivity index (χ0n) is 17.8.